The van der Waals surface area contributed by atoms with Crippen molar-refractivity contribution in [1.82, 2.24) is 9.97 Å². The minimum Gasteiger partial charge on any atom is -0.481 e. The quantitative estimate of drug-likeness (QED) is 0.367. The zero-order valence-corrected chi connectivity index (χ0v) is 22.3. The van der Waals surface area contributed by atoms with Crippen LogP contribution in [0.3, 0.4) is 0 Å². The summed E-state index contributed by atoms with van der Waals surface area (Å²) in [5, 5.41) is 9.60. The van der Waals surface area contributed by atoms with E-state index < -0.39 is 33.1 Å². The molecule has 208 valence electrons. The van der Waals surface area contributed by atoms with E-state index in [2.05, 4.69) is 14.7 Å². The van der Waals surface area contributed by atoms with Gasteiger partial charge in [0.05, 0.1) is 15.9 Å². The number of sulfonamides is 1. The molecule has 1 atom stereocenters. The monoisotopic (exact) mass is 562 g/mol. The minimum atomic E-state index is -4.70. The van der Waals surface area contributed by atoms with Gasteiger partial charge in [-0.05, 0) is 55.0 Å². The molecule has 4 rings (SSSR count). The third-order valence-corrected chi connectivity index (χ3v) is 8.19. The maximum absolute atomic E-state index is 13.9. The molecule has 0 saturated carbocycles. The Morgan fingerprint density at radius 3 is 2.59 bits per heavy atom. The smallest absolute Gasteiger partial charge is 0.418 e. The number of carbonyl (C=O) groups is 1. The summed E-state index contributed by atoms with van der Waals surface area (Å²) in [7, 11) is -4.26. The molecule has 0 bridgehead atoms. The lowest BCUT2D eigenvalue weighted by Crippen LogP contribution is -2.46. The summed E-state index contributed by atoms with van der Waals surface area (Å²) in [5.74, 6) is -0.916. The topological polar surface area (TPSA) is 112 Å². The molecular formula is C27H29F3N4O4S. The summed E-state index contributed by atoms with van der Waals surface area (Å²) in [6.07, 6.45) is -0.418. The van der Waals surface area contributed by atoms with Crippen LogP contribution in [0.2, 0.25) is 0 Å². The van der Waals surface area contributed by atoms with Crippen LogP contribution < -0.4 is 9.62 Å². The number of carboxylic acids is 1. The molecule has 1 fully saturated rings. The average Bonchev–Trinajstić information content (AvgIpc) is 2.88. The van der Waals surface area contributed by atoms with Crippen LogP contribution in [0.25, 0.3) is 11.1 Å². The first-order chi connectivity index (χ1) is 18.3. The van der Waals surface area contributed by atoms with E-state index in [4.69, 9.17) is 0 Å². The molecule has 0 aliphatic carbocycles. The molecule has 12 heteroatoms. The van der Waals surface area contributed by atoms with Crippen LogP contribution in [0.15, 0.2) is 59.8 Å². The molecule has 1 aliphatic heterocycles. The van der Waals surface area contributed by atoms with Crippen LogP contribution in [0.1, 0.15) is 44.2 Å². The number of aryl methyl sites for hydroxylation is 1. The molecule has 1 aliphatic rings. The second-order valence-electron chi connectivity index (χ2n) is 9.87. The van der Waals surface area contributed by atoms with E-state index >= 15 is 0 Å². The van der Waals surface area contributed by atoms with Crippen molar-refractivity contribution in [3.8, 4) is 11.1 Å². The standard InChI is InChI=1S/C27H29F3N4O4S/c1-3-7-18-8-4-5-9-20(18)21-15-23(32-16-22(21)27(28,29)30)33-39(37,38)19-10-12-31-24(14-19)34-13-6-11-26(2,17-34)25(35)36/h4-5,8-10,12,14-16H,3,6-7,11,13,17H2,1-2H3,(H,32,33)(H,35,36)/t26-/m1/s1. The SMILES string of the molecule is CCCc1ccccc1-c1cc(NS(=O)(=O)c2ccnc(N3CCC[C@@](C)(C(=O)O)C3)c2)ncc1C(F)(F)F. The zero-order valence-electron chi connectivity index (χ0n) is 21.5. The number of nitrogens with one attached hydrogen (secondary N) is 1. The summed E-state index contributed by atoms with van der Waals surface area (Å²) in [4.78, 5) is 21.3. The molecule has 2 N–H and O–H groups in total. The number of nitrogens with zero attached hydrogens (tertiary/aromatic N) is 3. The number of pyridine rings is 2. The van der Waals surface area contributed by atoms with Gasteiger partial charge < -0.3 is 10.0 Å². The van der Waals surface area contributed by atoms with E-state index in [0.717, 1.165) is 12.5 Å². The lowest BCUT2D eigenvalue weighted by molar-refractivity contribution is -0.148. The van der Waals surface area contributed by atoms with Crippen molar-refractivity contribution in [3.63, 3.8) is 0 Å². The van der Waals surface area contributed by atoms with Crippen molar-refractivity contribution >= 4 is 27.6 Å². The zero-order chi connectivity index (χ0) is 28.4. The number of piperidine rings is 1. The predicted octanol–water partition coefficient (Wildman–Crippen LogP) is 5.61. The molecule has 0 spiro atoms. The molecule has 3 aromatic rings. The highest BCUT2D eigenvalue weighted by Gasteiger charge is 2.39. The van der Waals surface area contributed by atoms with Gasteiger partial charge in [0.15, 0.2) is 0 Å². The molecule has 0 amide bonds. The van der Waals surface area contributed by atoms with Gasteiger partial charge in [0, 0.05) is 31.5 Å². The number of carboxylic acid groups (broad SMARTS) is 1. The number of hydrogen-bond donors (Lipinski definition) is 2. The van der Waals surface area contributed by atoms with Gasteiger partial charge in [-0.15, -0.1) is 0 Å². The maximum atomic E-state index is 13.9. The highest BCUT2D eigenvalue weighted by Crippen LogP contribution is 2.39. The molecule has 1 saturated heterocycles. The number of rotatable bonds is 8. The van der Waals surface area contributed by atoms with Crippen molar-refractivity contribution < 1.29 is 31.5 Å². The average molecular weight is 563 g/mol. The summed E-state index contributed by atoms with van der Waals surface area (Å²) < 4.78 is 70.5. The Kier molecular flexibility index (Phi) is 7.87. The second kappa shape index (κ2) is 10.8. The third-order valence-electron chi connectivity index (χ3n) is 6.84. The molecule has 0 unspecified atom stereocenters. The van der Waals surface area contributed by atoms with Gasteiger partial charge in [0.1, 0.15) is 11.6 Å². The largest absolute Gasteiger partial charge is 0.481 e. The van der Waals surface area contributed by atoms with Gasteiger partial charge in [-0.1, -0.05) is 37.6 Å². The van der Waals surface area contributed by atoms with Gasteiger partial charge in [-0.3, -0.25) is 9.52 Å². The van der Waals surface area contributed by atoms with Gasteiger partial charge in [0.2, 0.25) is 0 Å². The molecule has 8 nitrogen and oxygen atoms in total. The van der Waals surface area contributed by atoms with Crippen LogP contribution in [0.4, 0.5) is 24.8 Å². The van der Waals surface area contributed by atoms with Crippen LogP contribution in [-0.2, 0) is 27.4 Å². The van der Waals surface area contributed by atoms with E-state index in [0.29, 0.717) is 48.9 Å². The molecule has 2 aromatic heterocycles. The van der Waals surface area contributed by atoms with Crippen molar-refractivity contribution in [1.29, 1.82) is 0 Å². The number of benzene rings is 1. The fraction of sp³-hybridized carbons (Fsp3) is 0.370. The van der Waals surface area contributed by atoms with Crippen molar-refractivity contribution in [3.05, 3.63) is 66.0 Å². The number of aliphatic carboxylic acids is 1. The second-order valence-corrected chi connectivity index (χ2v) is 11.5. The van der Waals surface area contributed by atoms with E-state index in [9.17, 15) is 31.5 Å². The van der Waals surface area contributed by atoms with Crippen LogP contribution in [0.5, 0.6) is 0 Å². The first kappa shape index (κ1) is 28.3. The number of hydrogen-bond acceptors (Lipinski definition) is 6. The molecule has 3 heterocycles. The van der Waals surface area contributed by atoms with Gasteiger partial charge in [0.25, 0.3) is 10.0 Å². The number of halogens is 3. The Morgan fingerprint density at radius 2 is 1.90 bits per heavy atom. The Hall–Kier alpha value is -3.67. The van der Waals surface area contributed by atoms with Crippen molar-refractivity contribution in [2.24, 2.45) is 5.41 Å². The predicted molar refractivity (Wildman–Crippen MR) is 141 cm³/mol. The minimum absolute atomic E-state index is 0.160. The Morgan fingerprint density at radius 1 is 1.15 bits per heavy atom. The molecule has 1 aromatic carbocycles. The fourth-order valence-electron chi connectivity index (χ4n) is 4.78. The van der Waals surface area contributed by atoms with Gasteiger partial charge in [-0.25, -0.2) is 18.4 Å². The van der Waals surface area contributed by atoms with Gasteiger partial charge in [-0.2, -0.15) is 13.2 Å². The third kappa shape index (κ3) is 6.16. The van der Waals surface area contributed by atoms with E-state index in [1.807, 2.05) is 6.92 Å². The number of anilines is 2. The van der Waals surface area contributed by atoms with E-state index in [-0.39, 0.29) is 22.8 Å². The highest BCUT2D eigenvalue weighted by molar-refractivity contribution is 7.92. The highest BCUT2D eigenvalue weighted by atomic mass is 32.2. The first-order valence-electron chi connectivity index (χ1n) is 12.5. The lowest BCUT2D eigenvalue weighted by Gasteiger charge is -2.38. The molecular weight excluding hydrogens is 533 g/mol. The van der Waals surface area contributed by atoms with Crippen molar-refractivity contribution in [2.75, 3.05) is 22.7 Å². The lowest BCUT2D eigenvalue weighted by atomic mass is 9.82. The fourth-order valence-corrected chi connectivity index (χ4v) is 5.78. The van der Waals surface area contributed by atoms with Gasteiger partial charge >= 0.3 is 12.1 Å². The first-order valence-corrected chi connectivity index (χ1v) is 13.9. The van der Waals surface area contributed by atoms with Crippen molar-refractivity contribution in [2.45, 2.75) is 50.6 Å². The van der Waals surface area contributed by atoms with Crippen LogP contribution in [0, 0.1) is 5.41 Å². The summed E-state index contributed by atoms with van der Waals surface area (Å²) in [5.41, 5.74) is -1.07. The molecule has 0 radical (unpaired) electrons. The maximum Gasteiger partial charge on any atom is 0.418 e. The Balaban J connectivity index is 1.68. The number of alkyl halides is 3. The Bertz CT molecular complexity index is 1480. The summed E-state index contributed by atoms with van der Waals surface area (Å²) in [6, 6.07) is 10.4. The van der Waals surface area contributed by atoms with E-state index in [1.165, 1.54) is 18.3 Å². The normalized spacial score (nSPS) is 18.1. The number of aromatic nitrogens is 2. The van der Waals surface area contributed by atoms with Crippen LogP contribution in [-0.4, -0.2) is 42.6 Å². The van der Waals surface area contributed by atoms with Crippen LogP contribution >= 0.6 is 0 Å². The Labute approximate surface area is 225 Å². The molecule has 39 heavy (non-hydrogen) atoms. The summed E-state index contributed by atoms with van der Waals surface area (Å²) >= 11 is 0. The summed E-state index contributed by atoms with van der Waals surface area (Å²) in [6.45, 7) is 4.22. The van der Waals surface area contributed by atoms with E-state index in [1.54, 1.807) is 36.1 Å².